The molecule has 0 atom stereocenters. The van der Waals surface area contributed by atoms with E-state index in [0.29, 0.717) is 27.4 Å². The van der Waals surface area contributed by atoms with Gasteiger partial charge in [0, 0.05) is 34.5 Å². The predicted molar refractivity (Wildman–Crippen MR) is 164 cm³/mol. The second-order valence-electron chi connectivity index (χ2n) is 9.16. The lowest BCUT2D eigenvalue weighted by atomic mass is 10.1. The van der Waals surface area contributed by atoms with E-state index in [1.807, 2.05) is 95.8 Å². The number of thioether (sulfide) groups is 1. The average Bonchev–Trinajstić information content (AvgIpc) is 3.50. The molecule has 39 heavy (non-hydrogen) atoms. The third-order valence-corrected chi connectivity index (χ3v) is 8.14. The number of thiocarbonyl (C=S) groups is 1. The SMILES string of the molecule is CCCCCN1C(=O)/C(=C/c2cn(-c3ccccc3)nc2-c2ccc(OCc3ccccc3Cl)cc2)SC1=S. The minimum Gasteiger partial charge on any atom is -0.489 e. The molecule has 5 rings (SSSR count). The smallest absolute Gasteiger partial charge is 0.266 e. The van der Waals surface area contributed by atoms with Crippen LogP contribution in [-0.4, -0.2) is 31.5 Å². The van der Waals surface area contributed by atoms with Crippen molar-refractivity contribution in [2.24, 2.45) is 0 Å². The molecule has 5 nitrogen and oxygen atoms in total. The van der Waals surface area contributed by atoms with Crippen LogP contribution >= 0.6 is 35.6 Å². The molecule has 198 valence electrons. The number of aromatic nitrogens is 2. The number of carbonyl (C=O) groups is 1. The molecular weight excluding hydrogens is 546 g/mol. The van der Waals surface area contributed by atoms with Crippen molar-refractivity contribution in [2.75, 3.05) is 6.54 Å². The first-order valence-electron chi connectivity index (χ1n) is 12.9. The van der Waals surface area contributed by atoms with Crippen LogP contribution in [0.25, 0.3) is 23.0 Å². The minimum absolute atomic E-state index is 0.0390. The zero-order valence-corrected chi connectivity index (χ0v) is 23.9. The summed E-state index contributed by atoms with van der Waals surface area (Å²) >= 11 is 13.2. The number of ether oxygens (including phenoxy) is 1. The first-order valence-corrected chi connectivity index (χ1v) is 14.5. The fraction of sp³-hybridized carbons (Fsp3) is 0.194. The van der Waals surface area contributed by atoms with Crippen LogP contribution in [0.5, 0.6) is 5.75 Å². The summed E-state index contributed by atoms with van der Waals surface area (Å²) in [7, 11) is 0. The van der Waals surface area contributed by atoms with Gasteiger partial charge < -0.3 is 4.74 Å². The van der Waals surface area contributed by atoms with Gasteiger partial charge in [-0.15, -0.1) is 0 Å². The van der Waals surface area contributed by atoms with Crippen molar-refractivity contribution in [1.29, 1.82) is 0 Å². The summed E-state index contributed by atoms with van der Waals surface area (Å²) in [6.45, 7) is 3.18. The van der Waals surface area contributed by atoms with Crippen molar-refractivity contribution in [3.8, 4) is 22.7 Å². The van der Waals surface area contributed by atoms with Crippen LogP contribution in [0.1, 0.15) is 37.3 Å². The van der Waals surface area contributed by atoms with Gasteiger partial charge in [0.05, 0.1) is 16.3 Å². The Hall–Kier alpha value is -3.39. The Morgan fingerprint density at radius 3 is 2.49 bits per heavy atom. The number of halogens is 1. The Bertz CT molecular complexity index is 1500. The third-order valence-electron chi connectivity index (χ3n) is 6.39. The molecule has 3 aromatic carbocycles. The maximum atomic E-state index is 13.2. The molecule has 1 saturated heterocycles. The van der Waals surface area contributed by atoms with E-state index < -0.39 is 0 Å². The lowest BCUT2D eigenvalue weighted by Gasteiger charge is -2.13. The van der Waals surface area contributed by atoms with E-state index in [9.17, 15) is 4.79 Å². The topological polar surface area (TPSA) is 47.4 Å². The van der Waals surface area contributed by atoms with Gasteiger partial charge in [-0.1, -0.05) is 91.7 Å². The van der Waals surface area contributed by atoms with E-state index in [1.165, 1.54) is 11.8 Å². The number of hydrogen-bond donors (Lipinski definition) is 0. The summed E-state index contributed by atoms with van der Waals surface area (Å²) in [6, 6.07) is 25.4. The predicted octanol–water partition coefficient (Wildman–Crippen LogP) is 8.16. The number of amides is 1. The van der Waals surface area contributed by atoms with Crippen molar-refractivity contribution in [1.82, 2.24) is 14.7 Å². The number of para-hydroxylation sites is 1. The monoisotopic (exact) mass is 573 g/mol. The summed E-state index contributed by atoms with van der Waals surface area (Å²) in [5.74, 6) is 0.693. The molecule has 1 fully saturated rings. The zero-order chi connectivity index (χ0) is 27.2. The van der Waals surface area contributed by atoms with Crippen molar-refractivity contribution < 1.29 is 9.53 Å². The van der Waals surface area contributed by atoms with Crippen LogP contribution in [0.2, 0.25) is 5.02 Å². The number of benzene rings is 3. The third kappa shape index (κ3) is 6.44. The Morgan fingerprint density at radius 1 is 1.00 bits per heavy atom. The van der Waals surface area contributed by atoms with Crippen molar-refractivity contribution >= 4 is 51.9 Å². The second kappa shape index (κ2) is 12.6. The van der Waals surface area contributed by atoms with Gasteiger partial charge in [0.1, 0.15) is 16.7 Å². The van der Waals surface area contributed by atoms with Crippen LogP contribution in [0, 0.1) is 0 Å². The van der Waals surface area contributed by atoms with E-state index in [1.54, 1.807) is 4.90 Å². The Balaban J connectivity index is 1.42. The average molecular weight is 574 g/mol. The van der Waals surface area contributed by atoms with Crippen LogP contribution in [0.4, 0.5) is 0 Å². The molecule has 2 heterocycles. The Kier molecular flexibility index (Phi) is 8.81. The molecule has 1 aromatic heterocycles. The summed E-state index contributed by atoms with van der Waals surface area (Å²) in [5.41, 5.74) is 4.40. The molecule has 0 unspecified atom stereocenters. The highest BCUT2D eigenvalue weighted by Gasteiger charge is 2.32. The molecule has 0 saturated carbocycles. The molecular formula is C31H28ClN3O2S2. The summed E-state index contributed by atoms with van der Waals surface area (Å²) < 4.78 is 8.41. The van der Waals surface area contributed by atoms with Gasteiger partial charge in [-0.05, 0) is 55.0 Å². The molecule has 1 aliphatic heterocycles. The summed E-state index contributed by atoms with van der Waals surface area (Å²) in [6.07, 6.45) is 6.97. The Morgan fingerprint density at radius 2 is 1.74 bits per heavy atom. The zero-order valence-electron chi connectivity index (χ0n) is 21.5. The highest BCUT2D eigenvalue weighted by Crippen LogP contribution is 2.35. The van der Waals surface area contributed by atoms with Crippen molar-refractivity contribution in [2.45, 2.75) is 32.8 Å². The van der Waals surface area contributed by atoms with E-state index >= 15 is 0 Å². The van der Waals surface area contributed by atoms with Gasteiger partial charge in [0.15, 0.2) is 0 Å². The largest absolute Gasteiger partial charge is 0.489 e. The molecule has 0 radical (unpaired) electrons. The number of rotatable bonds is 10. The van der Waals surface area contributed by atoms with Gasteiger partial charge in [0.25, 0.3) is 5.91 Å². The fourth-order valence-corrected chi connectivity index (χ4v) is 5.76. The van der Waals surface area contributed by atoms with Gasteiger partial charge in [0.2, 0.25) is 0 Å². The Labute approximate surface area is 243 Å². The first-order chi connectivity index (χ1) is 19.0. The quantitative estimate of drug-likeness (QED) is 0.109. The number of carbonyl (C=O) groups excluding carboxylic acids is 1. The van der Waals surface area contributed by atoms with Gasteiger partial charge >= 0.3 is 0 Å². The van der Waals surface area contributed by atoms with Gasteiger partial charge in [-0.2, -0.15) is 5.10 Å². The lowest BCUT2D eigenvalue weighted by molar-refractivity contribution is -0.122. The van der Waals surface area contributed by atoms with E-state index in [2.05, 4.69) is 6.92 Å². The van der Waals surface area contributed by atoms with Crippen LogP contribution in [-0.2, 0) is 11.4 Å². The standard InChI is InChI=1S/C31H28ClN3O2S2/c1-2-3-9-18-34-30(36)28(39-31(34)38)19-24-20-35(25-11-5-4-6-12-25)33-29(24)22-14-16-26(17-15-22)37-21-23-10-7-8-13-27(23)32/h4-8,10-17,19-20H,2-3,9,18,21H2,1H3/b28-19-. The van der Waals surface area contributed by atoms with E-state index in [0.717, 1.165) is 53.1 Å². The number of nitrogens with zero attached hydrogens (tertiary/aromatic N) is 3. The molecule has 1 amide bonds. The van der Waals surface area contributed by atoms with Crippen molar-refractivity contribution in [3.05, 3.63) is 106 Å². The maximum Gasteiger partial charge on any atom is 0.266 e. The summed E-state index contributed by atoms with van der Waals surface area (Å²) in [4.78, 5) is 15.5. The highest BCUT2D eigenvalue weighted by atomic mass is 35.5. The fourth-order valence-electron chi connectivity index (χ4n) is 4.27. The number of unbranched alkanes of at least 4 members (excludes halogenated alkanes) is 2. The maximum absolute atomic E-state index is 13.2. The van der Waals surface area contributed by atoms with Crippen LogP contribution < -0.4 is 4.74 Å². The molecule has 8 heteroatoms. The normalized spacial score (nSPS) is 14.4. The molecule has 0 bridgehead atoms. The van der Waals surface area contributed by atoms with Crippen LogP contribution in [0.15, 0.2) is 90.0 Å². The van der Waals surface area contributed by atoms with Gasteiger partial charge in [-0.25, -0.2) is 4.68 Å². The van der Waals surface area contributed by atoms with E-state index in [-0.39, 0.29) is 5.91 Å². The number of hydrogen-bond acceptors (Lipinski definition) is 5. The van der Waals surface area contributed by atoms with E-state index in [4.69, 9.17) is 33.7 Å². The van der Waals surface area contributed by atoms with Crippen molar-refractivity contribution in [3.63, 3.8) is 0 Å². The molecule has 0 N–H and O–H groups in total. The lowest BCUT2D eigenvalue weighted by Crippen LogP contribution is -2.28. The van der Waals surface area contributed by atoms with Gasteiger partial charge in [-0.3, -0.25) is 9.69 Å². The molecule has 0 aliphatic carbocycles. The molecule has 4 aromatic rings. The summed E-state index contributed by atoms with van der Waals surface area (Å²) in [5, 5.41) is 5.58. The van der Waals surface area contributed by atoms with Crippen LogP contribution in [0.3, 0.4) is 0 Å². The second-order valence-corrected chi connectivity index (χ2v) is 11.2. The molecule has 0 spiro atoms. The highest BCUT2D eigenvalue weighted by molar-refractivity contribution is 8.26. The minimum atomic E-state index is -0.0390. The molecule has 1 aliphatic rings. The first kappa shape index (κ1) is 27.2.